The van der Waals surface area contributed by atoms with Crippen LogP contribution in [0.15, 0.2) is 4.99 Å². The molecule has 1 saturated carbocycles. The molecule has 0 aromatic heterocycles. The lowest BCUT2D eigenvalue weighted by Crippen LogP contribution is -2.48. The van der Waals surface area contributed by atoms with E-state index in [2.05, 4.69) is 20.5 Å². The van der Waals surface area contributed by atoms with Crippen LogP contribution < -0.4 is 10.6 Å². The van der Waals surface area contributed by atoms with Crippen molar-refractivity contribution < 1.29 is 9.53 Å². The molecular weight excluding hydrogens is 493 g/mol. The zero-order valence-electron chi connectivity index (χ0n) is 19.3. The van der Waals surface area contributed by atoms with Gasteiger partial charge in [0.15, 0.2) is 5.96 Å². The van der Waals surface area contributed by atoms with E-state index in [1.54, 1.807) is 0 Å². The summed E-state index contributed by atoms with van der Waals surface area (Å²) in [6, 6.07) is 1.31. The minimum atomic E-state index is -0.429. The van der Waals surface area contributed by atoms with Crippen LogP contribution in [0, 0.1) is 5.92 Å². The molecule has 1 amide bonds. The summed E-state index contributed by atoms with van der Waals surface area (Å²) in [6.07, 6.45) is 8.57. The first kappa shape index (κ1) is 25.5. The van der Waals surface area contributed by atoms with Gasteiger partial charge in [-0.3, -0.25) is 9.89 Å². The molecule has 30 heavy (non-hydrogen) atoms. The van der Waals surface area contributed by atoms with E-state index < -0.39 is 5.60 Å². The Bertz CT molecular complexity index is 566. The number of nitrogens with one attached hydrogen (secondary N) is 2. The van der Waals surface area contributed by atoms with Gasteiger partial charge in [0.05, 0.1) is 0 Å². The second-order valence-electron chi connectivity index (χ2n) is 9.93. The van der Waals surface area contributed by atoms with Gasteiger partial charge in [0.1, 0.15) is 5.60 Å². The van der Waals surface area contributed by atoms with Crippen molar-refractivity contribution in [2.45, 2.75) is 83.4 Å². The van der Waals surface area contributed by atoms with Gasteiger partial charge in [-0.25, -0.2) is 4.79 Å². The molecular formula is C22H42IN5O2. The number of carbonyl (C=O) groups is 1. The molecule has 0 spiro atoms. The highest BCUT2D eigenvalue weighted by molar-refractivity contribution is 14.0. The van der Waals surface area contributed by atoms with Gasteiger partial charge in [-0.2, -0.15) is 0 Å². The maximum Gasteiger partial charge on any atom is 0.410 e. The SMILES string of the molecule is CN=C(NCC1CCN(C(=O)OC(C)(C)C)CC1)NC1CCN(C2CCCC2)C1.I. The molecule has 2 N–H and O–H groups in total. The number of halogens is 1. The maximum absolute atomic E-state index is 12.2. The van der Waals surface area contributed by atoms with Gasteiger partial charge in [0.2, 0.25) is 0 Å². The molecule has 2 saturated heterocycles. The third kappa shape index (κ3) is 7.73. The molecule has 2 heterocycles. The van der Waals surface area contributed by atoms with Crippen LogP contribution in [0.25, 0.3) is 0 Å². The number of guanidine groups is 1. The van der Waals surface area contributed by atoms with Crippen molar-refractivity contribution in [1.82, 2.24) is 20.4 Å². The van der Waals surface area contributed by atoms with E-state index in [4.69, 9.17) is 4.74 Å². The van der Waals surface area contributed by atoms with Crippen LogP contribution >= 0.6 is 24.0 Å². The molecule has 1 aliphatic carbocycles. The average Bonchev–Trinajstić information content (AvgIpc) is 3.35. The van der Waals surface area contributed by atoms with Crippen molar-refractivity contribution in [3.63, 3.8) is 0 Å². The van der Waals surface area contributed by atoms with Crippen molar-refractivity contribution in [2.75, 3.05) is 39.8 Å². The molecule has 0 radical (unpaired) electrons. The summed E-state index contributed by atoms with van der Waals surface area (Å²) in [5, 5.41) is 7.14. The first-order chi connectivity index (χ1) is 13.8. The predicted octanol–water partition coefficient (Wildman–Crippen LogP) is 3.43. The Kier molecular flexibility index (Phi) is 9.97. The number of hydrogen-bond acceptors (Lipinski definition) is 4. The Balaban J connectivity index is 0.00000320. The molecule has 0 aromatic rings. The van der Waals surface area contributed by atoms with Gasteiger partial charge in [-0.15, -0.1) is 24.0 Å². The van der Waals surface area contributed by atoms with Gasteiger partial charge in [-0.05, 0) is 58.8 Å². The lowest BCUT2D eigenvalue weighted by Gasteiger charge is -2.33. The summed E-state index contributed by atoms with van der Waals surface area (Å²) >= 11 is 0. The summed E-state index contributed by atoms with van der Waals surface area (Å²) in [4.78, 5) is 21.1. The fourth-order valence-corrected chi connectivity index (χ4v) is 4.78. The minimum Gasteiger partial charge on any atom is -0.444 e. The Morgan fingerprint density at radius 2 is 1.73 bits per heavy atom. The molecule has 8 heteroatoms. The zero-order chi connectivity index (χ0) is 20.9. The molecule has 0 aromatic carbocycles. The monoisotopic (exact) mass is 535 g/mol. The number of piperidine rings is 1. The van der Waals surface area contributed by atoms with Gasteiger partial charge < -0.3 is 20.3 Å². The Morgan fingerprint density at radius 1 is 1.07 bits per heavy atom. The number of likely N-dealkylation sites (tertiary alicyclic amines) is 2. The summed E-state index contributed by atoms with van der Waals surface area (Å²) < 4.78 is 5.49. The van der Waals surface area contributed by atoms with Crippen molar-refractivity contribution in [2.24, 2.45) is 10.9 Å². The van der Waals surface area contributed by atoms with Crippen LogP contribution in [0.1, 0.15) is 65.7 Å². The number of amides is 1. The molecule has 0 bridgehead atoms. The molecule has 1 unspecified atom stereocenters. The number of hydrogen-bond donors (Lipinski definition) is 2. The van der Waals surface area contributed by atoms with Crippen LogP contribution in [-0.4, -0.2) is 79.3 Å². The lowest BCUT2D eigenvalue weighted by molar-refractivity contribution is 0.0185. The molecule has 1 atom stereocenters. The lowest BCUT2D eigenvalue weighted by atomic mass is 9.97. The molecule has 3 fully saturated rings. The first-order valence-electron chi connectivity index (χ1n) is 11.5. The fraction of sp³-hybridized carbons (Fsp3) is 0.909. The van der Waals surface area contributed by atoms with E-state index in [0.29, 0.717) is 12.0 Å². The van der Waals surface area contributed by atoms with Crippen molar-refractivity contribution >= 4 is 36.0 Å². The molecule has 3 aliphatic rings. The van der Waals surface area contributed by atoms with E-state index in [-0.39, 0.29) is 30.1 Å². The average molecular weight is 536 g/mol. The van der Waals surface area contributed by atoms with E-state index in [1.807, 2.05) is 32.7 Å². The highest BCUT2D eigenvalue weighted by Crippen LogP contribution is 2.26. The number of aliphatic imine (C=N–C) groups is 1. The second kappa shape index (κ2) is 11.7. The highest BCUT2D eigenvalue weighted by Gasteiger charge is 2.31. The van der Waals surface area contributed by atoms with Gasteiger partial charge in [-0.1, -0.05) is 12.8 Å². The highest BCUT2D eigenvalue weighted by atomic mass is 127. The van der Waals surface area contributed by atoms with Crippen molar-refractivity contribution in [1.29, 1.82) is 0 Å². The van der Waals surface area contributed by atoms with Gasteiger partial charge >= 0.3 is 6.09 Å². The summed E-state index contributed by atoms with van der Waals surface area (Å²) in [5.74, 6) is 1.48. The normalized spacial score (nSPS) is 24.6. The summed E-state index contributed by atoms with van der Waals surface area (Å²) in [6.45, 7) is 10.5. The standard InChI is InChI=1S/C22H41N5O2.HI/c1-22(2,3)29-21(28)26-12-9-17(10-13-26)15-24-20(23-4)25-18-11-14-27(16-18)19-7-5-6-8-19;/h17-19H,5-16H2,1-4H3,(H2,23,24,25);1H. The zero-order valence-corrected chi connectivity index (χ0v) is 21.6. The van der Waals surface area contributed by atoms with E-state index in [9.17, 15) is 4.79 Å². The molecule has 174 valence electrons. The quantitative estimate of drug-likeness (QED) is 0.328. The summed E-state index contributed by atoms with van der Waals surface area (Å²) in [7, 11) is 1.85. The van der Waals surface area contributed by atoms with Crippen LogP contribution in [0.2, 0.25) is 0 Å². The van der Waals surface area contributed by atoms with E-state index >= 15 is 0 Å². The summed E-state index contributed by atoms with van der Waals surface area (Å²) in [5.41, 5.74) is -0.429. The van der Waals surface area contributed by atoms with E-state index in [1.165, 1.54) is 38.6 Å². The number of ether oxygens (including phenoxy) is 1. The van der Waals surface area contributed by atoms with Crippen LogP contribution in [-0.2, 0) is 4.74 Å². The number of nitrogens with zero attached hydrogens (tertiary/aromatic N) is 3. The van der Waals surface area contributed by atoms with Crippen LogP contribution in [0.4, 0.5) is 4.79 Å². The molecule has 2 aliphatic heterocycles. The maximum atomic E-state index is 12.2. The molecule has 7 nitrogen and oxygen atoms in total. The largest absolute Gasteiger partial charge is 0.444 e. The van der Waals surface area contributed by atoms with E-state index in [0.717, 1.165) is 51.0 Å². The van der Waals surface area contributed by atoms with Crippen LogP contribution in [0.3, 0.4) is 0 Å². The first-order valence-corrected chi connectivity index (χ1v) is 11.5. The topological polar surface area (TPSA) is 69.2 Å². The minimum absolute atomic E-state index is 0. The van der Waals surface area contributed by atoms with Gasteiger partial charge in [0.25, 0.3) is 0 Å². The third-order valence-electron chi connectivity index (χ3n) is 6.45. The fourth-order valence-electron chi connectivity index (χ4n) is 4.78. The molecule has 3 rings (SSSR count). The Hall–Kier alpha value is -0.770. The second-order valence-corrected chi connectivity index (χ2v) is 9.93. The van der Waals surface area contributed by atoms with Crippen LogP contribution in [0.5, 0.6) is 0 Å². The Morgan fingerprint density at radius 3 is 2.33 bits per heavy atom. The Labute approximate surface area is 199 Å². The smallest absolute Gasteiger partial charge is 0.410 e. The van der Waals surface area contributed by atoms with Crippen molar-refractivity contribution in [3.8, 4) is 0 Å². The third-order valence-corrected chi connectivity index (χ3v) is 6.45. The number of carbonyl (C=O) groups excluding carboxylic acids is 1. The number of rotatable bonds is 4. The predicted molar refractivity (Wildman–Crippen MR) is 133 cm³/mol. The van der Waals surface area contributed by atoms with Crippen molar-refractivity contribution in [3.05, 3.63) is 0 Å². The van der Waals surface area contributed by atoms with Gasteiger partial charge in [0, 0.05) is 51.9 Å².